The minimum atomic E-state index is -0.0338. The lowest BCUT2D eigenvalue weighted by atomic mass is 9.96. The number of H-pyrrole nitrogens is 1. The Balaban J connectivity index is 1.33. The summed E-state index contributed by atoms with van der Waals surface area (Å²) in [6.07, 6.45) is 4.78. The smallest absolute Gasteiger partial charge is 0.278 e. The molecule has 7 nitrogen and oxygen atoms in total. The molecule has 3 heterocycles. The number of carbonyl (C=O) groups excluding carboxylic acids is 1. The zero-order valence-corrected chi connectivity index (χ0v) is 15.0. The molecule has 2 aromatic heterocycles. The number of benzene rings is 1. The van der Waals surface area contributed by atoms with Crippen molar-refractivity contribution in [3.05, 3.63) is 53.0 Å². The number of aryl methyl sites for hydroxylation is 1. The predicted octanol–water partition coefficient (Wildman–Crippen LogP) is 2.85. The molecular formula is C20H21N5O2. The molecule has 1 aromatic carbocycles. The van der Waals surface area contributed by atoms with E-state index in [9.17, 15) is 4.79 Å². The maximum Gasteiger partial charge on any atom is 0.278 e. The number of nitrogens with one attached hydrogen (secondary N) is 1. The van der Waals surface area contributed by atoms with Crippen molar-refractivity contribution in [2.75, 3.05) is 6.54 Å². The zero-order chi connectivity index (χ0) is 18.2. The van der Waals surface area contributed by atoms with Crippen LogP contribution in [0.1, 0.15) is 47.8 Å². The Kier molecular flexibility index (Phi) is 3.99. The minimum absolute atomic E-state index is 0.0338. The molecule has 3 aromatic rings. The summed E-state index contributed by atoms with van der Waals surface area (Å²) in [5, 5.41) is 11.7. The van der Waals surface area contributed by atoms with Gasteiger partial charge in [-0.3, -0.25) is 9.89 Å². The molecule has 1 fully saturated rings. The van der Waals surface area contributed by atoms with Crippen molar-refractivity contribution < 1.29 is 9.32 Å². The lowest BCUT2D eigenvalue weighted by Gasteiger charge is -2.15. The van der Waals surface area contributed by atoms with Crippen LogP contribution in [0.15, 0.2) is 34.9 Å². The zero-order valence-electron chi connectivity index (χ0n) is 15.0. The van der Waals surface area contributed by atoms with Crippen LogP contribution >= 0.6 is 0 Å². The first-order chi connectivity index (χ1) is 13.3. The van der Waals surface area contributed by atoms with Crippen LogP contribution < -0.4 is 0 Å². The van der Waals surface area contributed by atoms with E-state index in [-0.39, 0.29) is 11.8 Å². The molecule has 1 saturated heterocycles. The molecule has 1 aliphatic heterocycles. The first-order valence-electron chi connectivity index (χ1n) is 9.49. The van der Waals surface area contributed by atoms with Crippen LogP contribution in [0.25, 0.3) is 11.6 Å². The number of hydrogen-bond acceptors (Lipinski definition) is 5. The molecule has 1 atom stereocenters. The molecule has 27 heavy (non-hydrogen) atoms. The van der Waals surface area contributed by atoms with Crippen molar-refractivity contribution in [1.82, 2.24) is 25.2 Å². The van der Waals surface area contributed by atoms with Gasteiger partial charge in [0.15, 0.2) is 11.5 Å². The average molecular weight is 363 g/mol. The van der Waals surface area contributed by atoms with Gasteiger partial charge in [-0.2, -0.15) is 10.1 Å². The molecule has 0 radical (unpaired) electrons. The largest absolute Gasteiger partial charge is 0.338 e. The van der Waals surface area contributed by atoms with Crippen molar-refractivity contribution in [3.8, 4) is 11.6 Å². The Morgan fingerprint density at radius 2 is 2.04 bits per heavy atom. The second kappa shape index (κ2) is 6.64. The predicted molar refractivity (Wildman–Crippen MR) is 97.7 cm³/mol. The lowest BCUT2D eigenvalue weighted by molar-refractivity contribution is -0.128. The fourth-order valence-electron chi connectivity index (χ4n) is 4.06. The van der Waals surface area contributed by atoms with E-state index in [1.165, 1.54) is 17.7 Å². The number of nitrogens with zero attached hydrogens (tertiary/aromatic N) is 4. The Bertz CT molecular complexity index is 962. The quantitative estimate of drug-likeness (QED) is 0.770. The molecule has 0 saturated carbocycles. The highest BCUT2D eigenvalue weighted by molar-refractivity contribution is 5.79. The highest BCUT2D eigenvalue weighted by Crippen LogP contribution is 2.32. The van der Waals surface area contributed by atoms with Crippen molar-refractivity contribution in [3.63, 3.8) is 0 Å². The summed E-state index contributed by atoms with van der Waals surface area (Å²) in [6, 6.07) is 10.0. The van der Waals surface area contributed by atoms with Gasteiger partial charge in [-0.05, 0) is 31.2 Å². The van der Waals surface area contributed by atoms with Crippen molar-refractivity contribution in [1.29, 1.82) is 0 Å². The second-order valence-corrected chi connectivity index (χ2v) is 7.36. The van der Waals surface area contributed by atoms with Gasteiger partial charge in [-0.15, -0.1) is 0 Å². The van der Waals surface area contributed by atoms with E-state index in [1.54, 1.807) is 0 Å². The number of likely N-dealkylation sites (tertiary alicyclic amines) is 1. The summed E-state index contributed by atoms with van der Waals surface area (Å²) in [7, 11) is 0. The lowest BCUT2D eigenvalue weighted by Crippen LogP contribution is -2.24. The fraction of sp³-hybridized carbons (Fsp3) is 0.400. The van der Waals surface area contributed by atoms with Crippen LogP contribution in [0.4, 0.5) is 0 Å². The molecule has 1 aliphatic carbocycles. The van der Waals surface area contributed by atoms with E-state index in [0.717, 1.165) is 30.5 Å². The van der Waals surface area contributed by atoms with E-state index in [4.69, 9.17) is 4.52 Å². The maximum atomic E-state index is 12.4. The minimum Gasteiger partial charge on any atom is -0.338 e. The Hall–Kier alpha value is -2.96. The van der Waals surface area contributed by atoms with Gasteiger partial charge < -0.3 is 9.42 Å². The van der Waals surface area contributed by atoms with E-state index in [1.807, 2.05) is 35.2 Å². The molecule has 1 N–H and O–H groups in total. The standard InChI is InChI=1S/C20H21N5O2/c26-17-10-14(12-25(17)11-13-6-2-1-3-7-13)19-21-20(27-24-19)18-15-8-4-5-9-16(15)22-23-18/h1-3,6-7,14H,4-5,8-12H2,(H,22,23)/t14-/m1/s1. The van der Waals surface area contributed by atoms with Crippen molar-refractivity contribution >= 4 is 5.91 Å². The molecule has 0 spiro atoms. The molecule has 7 heteroatoms. The Morgan fingerprint density at radius 3 is 2.93 bits per heavy atom. The van der Waals surface area contributed by atoms with Gasteiger partial charge >= 0.3 is 0 Å². The Labute approximate surface area is 156 Å². The molecular weight excluding hydrogens is 342 g/mol. The van der Waals surface area contributed by atoms with Gasteiger partial charge in [0.05, 0.1) is 0 Å². The van der Waals surface area contributed by atoms with Crippen LogP contribution in [-0.2, 0) is 24.2 Å². The molecule has 2 aliphatic rings. The number of aromatic nitrogens is 4. The molecule has 0 bridgehead atoms. The normalized spacial score (nSPS) is 19.5. The summed E-state index contributed by atoms with van der Waals surface area (Å²) in [5.74, 6) is 1.15. The third-order valence-electron chi connectivity index (χ3n) is 5.50. The van der Waals surface area contributed by atoms with Crippen molar-refractivity contribution in [2.24, 2.45) is 0 Å². The van der Waals surface area contributed by atoms with E-state index in [2.05, 4.69) is 20.3 Å². The van der Waals surface area contributed by atoms with Gasteiger partial charge in [-0.25, -0.2) is 0 Å². The van der Waals surface area contributed by atoms with Crippen LogP contribution in [0.2, 0.25) is 0 Å². The molecule has 138 valence electrons. The fourth-order valence-corrected chi connectivity index (χ4v) is 4.06. The molecule has 5 rings (SSSR count). The molecule has 1 amide bonds. The Morgan fingerprint density at radius 1 is 1.19 bits per heavy atom. The van der Waals surface area contributed by atoms with Gasteiger partial charge in [0, 0.05) is 36.7 Å². The first kappa shape index (κ1) is 16.2. The number of hydrogen-bond donors (Lipinski definition) is 1. The number of rotatable bonds is 4. The van der Waals surface area contributed by atoms with Crippen LogP contribution in [0.3, 0.4) is 0 Å². The molecule has 0 unspecified atom stereocenters. The highest BCUT2D eigenvalue weighted by atomic mass is 16.5. The first-order valence-corrected chi connectivity index (χ1v) is 9.49. The summed E-state index contributed by atoms with van der Waals surface area (Å²) < 4.78 is 5.50. The van der Waals surface area contributed by atoms with Gasteiger partial charge in [0.2, 0.25) is 5.91 Å². The van der Waals surface area contributed by atoms with Crippen molar-refractivity contribution in [2.45, 2.75) is 44.6 Å². The van der Waals surface area contributed by atoms with Gasteiger partial charge in [-0.1, -0.05) is 35.5 Å². The number of aromatic amines is 1. The summed E-state index contributed by atoms with van der Waals surface area (Å²) in [4.78, 5) is 18.9. The van der Waals surface area contributed by atoms with E-state index >= 15 is 0 Å². The third-order valence-corrected chi connectivity index (χ3v) is 5.50. The van der Waals surface area contributed by atoms with Crippen LogP contribution in [-0.4, -0.2) is 37.7 Å². The number of fused-ring (bicyclic) bond motifs is 1. The van der Waals surface area contributed by atoms with Gasteiger partial charge in [0.1, 0.15) is 0 Å². The average Bonchev–Trinajstić information content (AvgIpc) is 3.41. The summed E-state index contributed by atoms with van der Waals surface area (Å²) in [6.45, 7) is 1.24. The van der Waals surface area contributed by atoms with Gasteiger partial charge in [0.25, 0.3) is 5.89 Å². The second-order valence-electron chi connectivity index (χ2n) is 7.36. The van der Waals surface area contributed by atoms with E-state index in [0.29, 0.717) is 31.2 Å². The topological polar surface area (TPSA) is 87.9 Å². The number of amides is 1. The highest BCUT2D eigenvalue weighted by Gasteiger charge is 2.34. The SMILES string of the molecule is O=C1C[C@@H](c2noc(-c3n[nH]c4c3CCCC4)n2)CN1Cc1ccccc1. The van der Waals surface area contributed by atoms with Crippen LogP contribution in [0, 0.1) is 0 Å². The summed E-state index contributed by atoms with van der Waals surface area (Å²) >= 11 is 0. The van der Waals surface area contributed by atoms with E-state index < -0.39 is 0 Å². The monoisotopic (exact) mass is 363 g/mol. The van der Waals surface area contributed by atoms with Crippen LogP contribution in [0.5, 0.6) is 0 Å². The summed E-state index contributed by atoms with van der Waals surface area (Å²) in [5.41, 5.74) is 4.28. The number of carbonyl (C=O) groups is 1. The maximum absolute atomic E-state index is 12.4. The third kappa shape index (κ3) is 3.03.